The maximum atomic E-state index is 12.3. The largest absolute Gasteiger partial charge is 0.480 e. The van der Waals surface area contributed by atoms with E-state index in [1.807, 2.05) is 36.4 Å². The highest BCUT2D eigenvalue weighted by atomic mass is 16.5. The molecule has 0 spiro atoms. The molecule has 3 rings (SSSR count). The monoisotopic (exact) mass is 482 g/mol. The first-order valence-electron chi connectivity index (χ1n) is 11.5. The number of benzene rings is 2. The predicted octanol–water partition coefficient (Wildman–Crippen LogP) is 3.07. The third-order valence-corrected chi connectivity index (χ3v) is 5.97. The van der Waals surface area contributed by atoms with Crippen LogP contribution in [0.2, 0.25) is 0 Å². The van der Waals surface area contributed by atoms with Crippen LogP contribution in [-0.4, -0.2) is 55.3 Å². The van der Waals surface area contributed by atoms with Gasteiger partial charge in [-0.1, -0.05) is 55.5 Å². The van der Waals surface area contributed by atoms with Crippen LogP contribution < -0.4 is 10.6 Å². The summed E-state index contributed by atoms with van der Waals surface area (Å²) in [5.74, 6) is -2.57. The second-order valence-corrected chi connectivity index (χ2v) is 8.59. The van der Waals surface area contributed by atoms with Crippen molar-refractivity contribution in [1.29, 1.82) is 0 Å². The Kier molecular flexibility index (Phi) is 8.83. The molecule has 0 bridgehead atoms. The maximum Gasteiger partial charge on any atom is 0.407 e. The number of hydrogen-bond acceptors (Lipinski definition) is 6. The Balaban J connectivity index is 1.44. The minimum Gasteiger partial charge on any atom is -0.480 e. The number of alkyl carbamates (subject to hydrolysis) is 1. The van der Waals surface area contributed by atoms with E-state index in [4.69, 9.17) is 4.74 Å². The van der Waals surface area contributed by atoms with Gasteiger partial charge in [0.05, 0.1) is 7.11 Å². The Bertz CT molecular complexity index is 1040. The second kappa shape index (κ2) is 12.0. The van der Waals surface area contributed by atoms with E-state index >= 15 is 0 Å². The standard InChI is InChI=1S/C26H30N2O7/c1-16(13-23(29)28-22(25(31)32)11-12-24(30)34-2)14-27-26(33)35-15-21-19-9-5-3-7-17(19)18-8-4-6-10-20(18)21/h3-10,16,21-22H,11-15H2,1-2H3,(H,27,33)(H,28,29)(H,31,32). The van der Waals surface area contributed by atoms with E-state index in [-0.39, 0.29) is 44.2 Å². The van der Waals surface area contributed by atoms with Gasteiger partial charge in [0.15, 0.2) is 0 Å². The molecule has 2 unspecified atom stereocenters. The molecule has 2 amide bonds. The number of carboxylic acid groups (broad SMARTS) is 1. The first kappa shape index (κ1) is 25.7. The first-order valence-corrected chi connectivity index (χ1v) is 11.5. The van der Waals surface area contributed by atoms with Gasteiger partial charge >= 0.3 is 18.0 Å². The molecule has 2 atom stereocenters. The third kappa shape index (κ3) is 6.81. The zero-order valence-electron chi connectivity index (χ0n) is 19.8. The van der Waals surface area contributed by atoms with Gasteiger partial charge in [0.1, 0.15) is 12.6 Å². The fourth-order valence-corrected chi connectivity index (χ4v) is 4.17. The Morgan fingerprint density at radius 3 is 2.17 bits per heavy atom. The molecule has 0 radical (unpaired) electrons. The predicted molar refractivity (Wildman–Crippen MR) is 128 cm³/mol. The maximum absolute atomic E-state index is 12.3. The number of amides is 2. The fourth-order valence-electron chi connectivity index (χ4n) is 4.17. The fraction of sp³-hybridized carbons (Fsp3) is 0.385. The number of fused-ring (bicyclic) bond motifs is 3. The van der Waals surface area contributed by atoms with Crippen molar-refractivity contribution in [2.24, 2.45) is 5.92 Å². The summed E-state index contributed by atoms with van der Waals surface area (Å²) < 4.78 is 9.98. The molecule has 35 heavy (non-hydrogen) atoms. The van der Waals surface area contributed by atoms with Crippen LogP contribution in [0.4, 0.5) is 4.79 Å². The van der Waals surface area contributed by atoms with Crippen LogP contribution in [0.1, 0.15) is 43.2 Å². The molecular formula is C26H30N2O7. The van der Waals surface area contributed by atoms with E-state index < -0.39 is 30.0 Å². The van der Waals surface area contributed by atoms with Gasteiger partial charge in [-0.3, -0.25) is 9.59 Å². The summed E-state index contributed by atoms with van der Waals surface area (Å²) in [6, 6.07) is 14.9. The molecule has 1 aliphatic carbocycles. The van der Waals surface area contributed by atoms with Gasteiger partial charge in [-0.25, -0.2) is 9.59 Å². The minimum atomic E-state index is -1.23. The Morgan fingerprint density at radius 2 is 1.60 bits per heavy atom. The van der Waals surface area contributed by atoms with Crippen LogP contribution in [0.5, 0.6) is 0 Å². The van der Waals surface area contributed by atoms with E-state index in [1.165, 1.54) is 7.11 Å². The number of aliphatic carboxylic acids is 1. The van der Waals surface area contributed by atoms with Crippen LogP contribution in [-0.2, 0) is 23.9 Å². The molecule has 3 N–H and O–H groups in total. The average Bonchev–Trinajstić information content (AvgIpc) is 3.17. The zero-order valence-corrected chi connectivity index (χ0v) is 19.8. The van der Waals surface area contributed by atoms with Crippen molar-refractivity contribution >= 4 is 23.9 Å². The second-order valence-electron chi connectivity index (χ2n) is 8.59. The number of nitrogens with one attached hydrogen (secondary N) is 2. The molecule has 9 heteroatoms. The van der Waals surface area contributed by atoms with Crippen molar-refractivity contribution < 1.29 is 33.8 Å². The molecule has 0 heterocycles. The number of carbonyl (C=O) groups is 4. The smallest absolute Gasteiger partial charge is 0.407 e. The summed E-state index contributed by atoms with van der Waals surface area (Å²) in [7, 11) is 1.21. The summed E-state index contributed by atoms with van der Waals surface area (Å²) in [4.78, 5) is 47.1. The van der Waals surface area contributed by atoms with Crippen molar-refractivity contribution in [3.05, 3.63) is 59.7 Å². The lowest BCUT2D eigenvalue weighted by Gasteiger charge is -2.17. The van der Waals surface area contributed by atoms with E-state index in [2.05, 4.69) is 27.5 Å². The highest BCUT2D eigenvalue weighted by Gasteiger charge is 2.29. The third-order valence-electron chi connectivity index (χ3n) is 5.97. The van der Waals surface area contributed by atoms with Crippen LogP contribution >= 0.6 is 0 Å². The van der Waals surface area contributed by atoms with Gasteiger partial charge in [-0.15, -0.1) is 0 Å². The molecule has 2 aromatic rings. The zero-order chi connectivity index (χ0) is 25.4. The van der Waals surface area contributed by atoms with Crippen molar-refractivity contribution in [2.75, 3.05) is 20.3 Å². The molecule has 1 aliphatic rings. The topological polar surface area (TPSA) is 131 Å². The first-order chi connectivity index (χ1) is 16.8. The van der Waals surface area contributed by atoms with Crippen LogP contribution in [0.3, 0.4) is 0 Å². The van der Waals surface area contributed by atoms with Crippen molar-refractivity contribution in [3.8, 4) is 11.1 Å². The summed E-state index contributed by atoms with van der Waals surface area (Å²) in [5, 5.41) is 14.3. The number of hydrogen-bond donors (Lipinski definition) is 3. The Morgan fingerprint density at radius 1 is 1.00 bits per heavy atom. The van der Waals surface area contributed by atoms with Gasteiger partial charge < -0.3 is 25.2 Å². The van der Waals surface area contributed by atoms with Gasteiger partial charge in [0, 0.05) is 25.3 Å². The summed E-state index contributed by atoms with van der Waals surface area (Å²) in [6.45, 7) is 2.13. The number of methoxy groups -OCH3 is 1. The number of rotatable bonds is 11. The van der Waals surface area contributed by atoms with Crippen molar-refractivity contribution in [2.45, 2.75) is 38.1 Å². The molecule has 0 aliphatic heterocycles. The quantitative estimate of drug-likeness (QED) is 0.420. The number of ether oxygens (including phenoxy) is 2. The molecular weight excluding hydrogens is 452 g/mol. The summed E-state index contributed by atoms with van der Waals surface area (Å²) >= 11 is 0. The van der Waals surface area contributed by atoms with Crippen LogP contribution in [0, 0.1) is 5.92 Å². The minimum absolute atomic E-state index is 0.00561. The Hall–Kier alpha value is -3.88. The Labute approximate surface area is 203 Å². The average molecular weight is 483 g/mol. The molecule has 186 valence electrons. The molecule has 0 fully saturated rings. The van der Waals surface area contributed by atoms with Gasteiger partial charge in [0.2, 0.25) is 5.91 Å². The molecule has 0 aromatic heterocycles. The molecule has 2 aromatic carbocycles. The van der Waals surface area contributed by atoms with E-state index in [9.17, 15) is 24.3 Å². The number of carboxylic acids is 1. The highest BCUT2D eigenvalue weighted by Crippen LogP contribution is 2.44. The van der Waals surface area contributed by atoms with Gasteiger partial charge in [-0.05, 0) is 34.6 Å². The normalized spacial score (nSPS) is 13.7. The number of carbonyl (C=O) groups excluding carboxylic acids is 3. The van der Waals surface area contributed by atoms with E-state index in [0.717, 1.165) is 22.3 Å². The molecule has 9 nitrogen and oxygen atoms in total. The lowest BCUT2D eigenvalue weighted by atomic mass is 9.98. The summed E-state index contributed by atoms with van der Waals surface area (Å²) in [6.07, 6.45) is -0.765. The van der Waals surface area contributed by atoms with Crippen molar-refractivity contribution in [3.63, 3.8) is 0 Å². The van der Waals surface area contributed by atoms with Gasteiger partial charge in [-0.2, -0.15) is 0 Å². The van der Waals surface area contributed by atoms with E-state index in [1.54, 1.807) is 6.92 Å². The van der Waals surface area contributed by atoms with Crippen LogP contribution in [0.15, 0.2) is 48.5 Å². The number of esters is 1. The molecule has 0 saturated heterocycles. The van der Waals surface area contributed by atoms with Crippen LogP contribution in [0.25, 0.3) is 11.1 Å². The molecule has 0 saturated carbocycles. The lowest BCUT2D eigenvalue weighted by Crippen LogP contribution is -2.42. The summed E-state index contributed by atoms with van der Waals surface area (Å²) in [5.41, 5.74) is 4.52. The lowest BCUT2D eigenvalue weighted by molar-refractivity contribution is -0.144. The van der Waals surface area contributed by atoms with E-state index in [0.29, 0.717) is 0 Å². The SMILES string of the molecule is COC(=O)CCC(NC(=O)CC(C)CNC(=O)OCC1c2ccccc2-c2ccccc21)C(=O)O. The highest BCUT2D eigenvalue weighted by molar-refractivity contribution is 5.84. The van der Waals surface area contributed by atoms with Gasteiger partial charge in [0.25, 0.3) is 0 Å². The van der Waals surface area contributed by atoms with Crippen molar-refractivity contribution in [1.82, 2.24) is 10.6 Å².